The van der Waals surface area contributed by atoms with Crippen LogP contribution >= 0.6 is 11.3 Å². The average molecular weight is 279 g/mol. The maximum Gasteiger partial charge on any atom is 0.285 e. The van der Waals surface area contributed by atoms with Crippen LogP contribution < -0.4 is 10.9 Å². The summed E-state index contributed by atoms with van der Waals surface area (Å²) in [5.74, 6) is 0.370. The monoisotopic (exact) mass is 279 g/mol. The van der Waals surface area contributed by atoms with Gasteiger partial charge in [-0.2, -0.15) is 5.10 Å². The first-order valence-corrected chi connectivity index (χ1v) is 7.16. The first-order chi connectivity index (χ1) is 9.08. The molecular weight excluding hydrogens is 262 g/mol. The topological polar surface area (TPSA) is 64.0 Å². The van der Waals surface area contributed by atoms with Crippen molar-refractivity contribution in [2.24, 2.45) is 5.92 Å². The number of carbonyl (C=O) groups excluding carboxylic acids is 1. The lowest BCUT2D eigenvalue weighted by molar-refractivity contribution is -0.121. The van der Waals surface area contributed by atoms with Crippen molar-refractivity contribution in [1.82, 2.24) is 15.1 Å². The minimum Gasteiger partial charge on any atom is -0.354 e. The van der Waals surface area contributed by atoms with Gasteiger partial charge in [-0.3, -0.25) is 9.59 Å². The van der Waals surface area contributed by atoms with Gasteiger partial charge in [0.05, 0.1) is 6.20 Å². The Kier molecular flexibility index (Phi) is 4.31. The van der Waals surface area contributed by atoms with Gasteiger partial charge in [-0.15, -0.1) is 11.3 Å². The van der Waals surface area contributed by atoms with Crippen molar-refractivity contribution in [1.29, 1.82) is 0 Å². The molecule has 0 fully saturated rings. The molecule has 0 aliphatic rings. The third kappa shape index (κ3) is 3.41. The number of amides is 1. The fourth-order valence-corrected chi connectivity index (χ4v) is 2.51. The zero-order chi connectivity index (χ0) is 13.8. The minimum absolute atomic E-state index is 0.0230. The van der Waals surface area contributed by atoms with E-state index in [2.05, 4.69) is 24.3 Å². The van der Waals surface area contributed by atoms with Gasteiger partial charge in [-0.05, 0) is 23.8 Å². The molecule has 0 aliphatic carbocycles. The van der Waals surface area contributed by atoms with Crippen molar-refractivity contribution < 1.29 is 4.79 Å². The maximum atomic E-state index is 12.0. The SMILES string of the molecule is CC(C)CCNC(=O)Cn1ncc2ccsc2c1=O. The second kappa shape index (κ2) is 5.97. The summed E-state index contributed by atoms with van der Waals surface area (Å²) in [6, 6.07) is 1.85. The van der Waals surface area contributed by atoms with E-state index in [4.69, 9.17) is 0 Å². The molecule has 1 N–H and O–H groups in total. The van der Waals surface area contributed by atoms with Crippen LogP contribution in [0.4, 0.5) is 0 Å². The van der Waals surface area contributed by atoms with E-state index in [1.165, 1.54) is 16.0 Å². The quantitative estimate of drug-likeness (QED) is 0.904. The molecule has 2 aromatic rings. The van der Waals surface area contributed by atoms with Crippen molar-refractivity contribution in [3.8, 4) is 0 Å². The lowest BCUT2D eigenvalue weighted by Crippen LogP contribution is -2.34. The molecule has 0 bridgehead atoms. The summed E-state index contributed by atoms with van der Waals surface area (Å²) in [5, 5.41) is 9.48. The predicted molar refractivity (Wildman–Crippen MR) is 76.3 cm³/mol. The predicted octanol–water partition coefficient (Wildman–Crippen LogP) is 1.62. The summed E-state index contributed by atoms with van der Waals surface area (Å²) in [7, 11) is 0. The minimum atomic E-state index is -0.202. The van der Waals surface area contributed by atoms with Crippen LogP contribution in [0.2, 0.25) is 0 Å². The third-order valence-corrected chi connectivity index (χ3v) is 3.72. The summed E-state index contributed by atoms with van der Waals surface area (Å²) < 4.78 is 1.86. The molecule has 19 heavy (non-hydrogen) atoms. The average Bonchev–Trinajstić information content (AvgIpc) is 2.81. The standard InChI is InChI=1S/C13H17N3O2S/c1-9(2)3-5-14-11(17)8-16-13(18)12-10(7-15-16)4-6-19-12/h4,6-7,9H,3,5,8H2,1-2H3,(H,14,17). The number of nitrogens with zero attached hydrogens (tertiary/aromatic N) is 2. The number of hydrogen-bond acceptors (Lipinski definition) is 4. The smallest absolute Gasteiger partial charge is 0.285 e. The number of carbonyl (C=O) groups is 1. The number of thiophene rings is 1. The van der Waals surface area contributed by atoms with Gasteiger partial charge in [0.15, 0.2) is 0 Å². The zero-order valence-electron chi connectivity index (χ0n) is 11.0. The molecule has 1 amide bonds. The molecule has 0 spiro atoms. The Balaban J connectivity index is 2.03. The molecule has 102 valence electrons. The van der Waals surface area contributed by atoms with Crippen LogP contribution in [0.1, 0.15) is 20.3 Å². The lowest BCUT2D eigenvalue weighted by Gasteiger charge is -2.08. The molecule has 0 unspecified atom stereocenters. The van der Waals surface area contributed by atoms with Crippen molar-refractivity contribution in [3.05, 3.63) is 28.0 Å². The van der Waals surface area contributed by atoms with E-state index in [0.717, 1.165) is 11.8 Å². The van der Waals surface area contributed by atoms with Gasteiger partial charge in [-0.25, -0.2) is 4.68 Å². The van der Waals surface area contributed by atoms with Crippen LogP contribution in [-0.4, -0.2) is 22.2 Å². The van der Waals surface area contributed by atoms with E-state index in [9.17, 15) is 9.59 Å². The molecule has 2 rings (SSSR count). The van der Waals surface area contributed by atoms with Crippen molar-refractivity contribution in [2.45, 2.75) is 26.8 Å². The summed E-state index contributed by atoms with van der Waals surface area (Å²) >= 11 is 1.37. The highest BCUT2D eigenvalue weighted by atomic mass is 32.1. The van der Waals surface area contributed by atoms with Crippen molar-refractivity contribution in [2.75, 3.05) is 6.54 Å². The highest BCUT2D eigenvalue weighted by molar-refractivity contribution is 7.17. The van der Waals surface area contributed by atoms with Crippen LogP contribution in [-0.2, 0) is 11.3 Å². The Hall–Kier alpha value is -1.69. The van der Waals surface area contributed by atoms with Crippen LogP contribution in [0.25, 0.3) is 10.1 Å². The molecule has 5 nitrogen and oxygen atoms in total. The second-order valence-corrected chi connectivity index (χ2v) is 5.76. The molecule has 0 atom stereocenters. The first kappa shape index (κ1) is 13.7. The van der Waals surface area contributed by atoms with Gasteiger partial charge in [-0.1, -0.05) is 13.8 Å². The van der Waals surface area contributed by atoms with Gasteiger partial charge in [0.25, 0.3) is 5.56 Å². The third-order valence-electron chi connectivity index (χ3n) is 2.80. The van der Waals surface area contributed by atoms with Gasteiger partial charge in [0.1, 0.15) is 11.2 Å². The zero-order valence-corrected chi connectivity index (χ0v) is 11.9. The number of nitrogens with one attached hydrogen (secondary N) is 1. The van der Waals surface area contributed by atoms with E-state index >= 15 is 0 Å². The second-order valence-electron chi connectivity index (χ2n) is 4.84. The van der Waals surface area contributed by atoms with Gasteiger partial charge >= 0.3 is 0 Å². The van der Waals surface area contributed by atoms with Crippen LogP contribution in [0, 0.1) is 5.92 Å². The highest BCUT2D eigenvalue weighted by Gasteiger charge is 2.09. The number of fused-ring (bicyclic) bond motifs is 1. The highest BCUT2D eigenvalue weighted by Crippen LogP contribution is 2.14. The van der Waals surface area contributed by atoms with E-state index in [0.29, 0.717) is 17.2 Å². The Morgan fingerprint density at radius 2 is 2.32 bits per heavy atom. The van der Waals surface area contributed by atoms with Gasteiger partial charge in [0, 0.05) is 11.9 Å². The summed E-state index contributed by atoms with van der Waals surface area (Å²) in [5.41, 5.74) is -0.202. The summed E-state index contributed by atoms with van der Waals surface area (Å²) in [6.45, 7) is 4.81. The molecule has 0 saturated carbocycles. The Morgan fingerprint density at radius 3 is 3.05 bits per heavy atom. The van der Waals surface area contributed by atoms with E-state index < -0.39 is 0 Å². The fourth-order valence-electron chi connectivity index (χ4n) is 1.70. The van der Waals surface area contributed by atoms with Crippen molar-refractivity contribution in [3.63, 3.8) is 0 Å². The van der Waals surface area contributed by atoms with Gasteiger partial charge in [0.2, 0.25) is 5.91 Å². The Morgan fingerprint density at radius 1 is 1.53 bits per heavy atom. The molecule has 0 aliphatic heterocycles. The number of aromatic nitrogens is 2. The van der Waals surface area contributed by atoms with Crippen LogP contribution in [0.3, 0.4) is 0 Å². The van der Waals surface area contributed by atoms with E-state index in [1.807, 2.05) is 11.4 Å². The molecule has 0 radical (unpaired) electrons. The summed E-state index contributed by atoms with van der Waals surface area (Å²) in [4.78, 5) is 23.8. The molecule has 0 saturated heterocycles. The Bertz CT molecular complexity index is 630. The van der Waals surface area contributed by atoms with Crippen LogP contribution in [0.5, 0.6) is 0 Å². The summed E-state index contributed by atoms with van der Waals surface area (Å²) in [6.07, 6.45) is 2.55. The van der Waals surface area contributed by atoms with E-state index in [1.54, 1.807) is 6.20 Å². The molecule has 2 aromatic heterocycles. The lowest BCUT2D eigenvalue weighted by atomic mass is 10.1. The molecular formula is C13H17N3O2S. The fraction of sp³-hybridized carbons (Fsp3) is 0.462. The molecule has 0 aromatic carbocycles. The maximum absolute atomic E-state index is 12.0. The molecule has 2 heterocycles. The largest absolute Gasteiger partial charge is 0.354 e. The first-order valence-electron chi connectivity index (χ1n) is 6.28. The van der Waals surface area contributed by atoms with Crippen LogP contribution in [0.15, 0.2) is 22.4 Å². The van der Waals surface area contributed by atoms with Crippen molar-refractivity contribution >= 4 is 27.3 Å². The normalized spacial score (nSPS) is 11.1. The molecule has 6 heteroatoms. The Labute approximate surface area is 115 Å². The van der Waals surface area contributed by atoms with E-state index in [-0.39, 0.29) is 18.0 Å². The van der Waals surface area contributed by atoms with Gasteiger partial charge < -0.3 is 5.32 Å². The number of hydrogen-bond donors (Lipinski definition) is 1. The number of rotatable bonds is 5.